The average molecular weight is 835 g/mol. The van der Waals surface area contributed by atoms with Crippen LogP contribution in [0.1, 0.15) is 41.5 Å². The molecule has 308 valence electrons. The number of nitrogens with two attached hydrogens (primary N) is 2. The maximum atomic E-state index is 11.5. The van der Waals surface area contributed by atoms with E-state index in [1.807, 2.05) is 0 Å². The highest BCUT2D eigenvalue weighted by Crippen LogP contribution is 2.33. The predicted octanol–water partition coefficient (Wildman–Crippen LogP) is 9.79. The number of benzene rings is 6. The van der Waals surface area contributed by atoms with E-state index in [0.29, 0.717) is 57.2 Å². The zero-order valence-electron chi connectivity index (χ0n) is 32.3. The van der Waals surface area contributed by atoms with Gasteiger partial charge in [-0.1, -0.05) is 0 Å². The number of carboxylic acid groups (broad SMARTS) is 2. The number of halogens is 1. The minimum absolute atomic E-state index is 0.00256. The van der Waals surface area contributed by atoms with E-state index in [-0.39, 0.29) is 39.7 Å². The van der Waals surface area contributed by atoms with Crippen molar-refractivity contribution in [1.29, 1.82) is 0 Å². The number of carboxylic acids is 2. The Balaban J connectivity index is 0.000000247. The Kier molecular flexibility index (Phi) is 16.0. The summed E-state index contributed by atoms with van der Waals surface area (Å²) in [6, 6.07) is 35.7. The Labute approximate surface area is 349 Å². The van der Waals surface area contributed by atoms with Crippen molar-refractivity contribution in [3.63, 3.8) is 0 Å². The van der Waals surface area contributed by atoms with Crippen LogP contribution in [0.4, 0.5) is 22.7 Å². The smallest absolute Gasteiger partial charge is 0.335 e. The van der Waals surface area contributed by atoms with E-state index in [0.717, 1.165) is 0 Å². The molecule has 8 N–H and O–H groups in total. The van der Waals surface area contributed by atoms with Gasteiger partial charge in [0.05, 0.1) is 11.1 Å². The van der Waals surface area contributed by atoms with Crippen molar-refractivity contribution in [2.75, 3.05) is 22.1 Å². The fourth-order valence-corrected chi connectivity index (χ4v) is 4.86. The summed E-state index contributed by atoms with van der Waals surface area (Å²) in [7, 11) is 0. The van der Waals surface area contributed by atoms with Crippen LogP contribution in [0.25, 0.3) is 0 Å². The second-order valence-electron chi connectivity index (χ2n) is 12.4. The van der Waals surface area contributed by atoms with Gasteiger partial charge in [0.15, 0.2) is 0 Å². The molecule has 0 radical (unpaired) electrons. The minimum atomic E-state index is -1.13. The van der Waals surface area contributed by atoms with E-state index in [1.165, 1.54) is 45.0 Å². The summed E-state index contributed by atoms with van der Waals surface area (Å²) in [5, 5.41) is 23.7. The first kappa shape index (κ1) is 44.7. The Morgan fingerprint density at radius 1 is 0.433 bits per heavy atom. The Morgan fingerprint density at radius 3 is 0.883 bits per heavy atom. The SMILES string of the molecule is CC(=O)Cl.CC(=O)Nc1ccc(Oc2cc(Oc3ccc(NC(C)=O)cc3)cc(C(=O)O)c2)cc1.Nc1ccc(Oc2cc(Oc3ccc(N)cc3)cc(C(=O)O)c2)cc1. The molecular formula is C44H39ClN4O11. The predicted molar refractivity (Wildman–Crippen MR) is 227 cm³/mol. The van der Waals surface area contributed by atoms with E-state index in [9.17, 15) is 34.2 Å². The number of carbonyl (C=O) groups excluding carboxylic acids is 3. The lowest BCUT2D eigenvalue weighted by Crippen LogP contribution is -2.05. The molecule has 2 amide bonds. The number of aromatic carboxylic acids is 2. The fourth-order valence-electron chi connectivity index (χ4n) is 4.86. The summed E-state index contributed by atoms with van der Waals surface area (Å²) >= 11 is 4.64. The van der Waals surface area contributed by atoms with Crippen LogP contribution in [0.3, 0.4) is 0 Å². The third-order valence-electron chi connectivity index (χ3n) is 7.31. The third kappa shape index (κ3) is 15.5. The molecule has 0 heterocycles. The summed E-state index contributed by atoms with van der Waals surface area (Å²) in [4.78, 5) is 54.3. The van der Waals surface area contributed by atoms with Crippen LogP contribution in [0.5, 0.6) is 46.0 Å². The molecule has 0 aliphatic heterocycles. The number of rotatable bonds is 12. The Bertz CT molecular complexity index is 2290. The molecule has 0 unspecified atom stereocenters. The number of hydrogen-bond acceptors (Lipinski definition) is 11. The summed E-state index contributed by atoms with van der Waals surface area (Å²) < 4.78 is 22.9. The molecule has 15 nitrogen and oxygen atoms in total. The van der Waals surface area contributed by atoms with Crippen molar-refractivity contribution < 1.29 is 53.1 Å². The van der Waals surface area contributed by atoms with Gasteiger partial charge in [-0.3, -0.25) is 14.4 Å². The molecule has 0 aliphatic rings. The van der Waals surface area contributed by atoms with Gasteiger partial charge >= 0.3 is 11.9 Å². The molecule has 0 spiro atoms. The molecule has 60 heavy (non-hydrogen) atoms. The highest BCUT2D eigenvalue weighted by Gasteiger charge is 2.13. The van der Waals surface area contributed by atoms with Crippen LogP contribution >= 0.6 is 11.6 Å². The van der Waals surface area contributed by atoms with Gasteiger partial charge in [-0.05, 0) is 133 Å². The van der Waals surface area contributed by atoms with Crippen LogP contribution in [-0.2, 0) is 14.4 Å². The van der Waals surface area contributed by atoms with Crippen LogP contribution in [0, 0.1) is 0 Å². The molecule has 0 aliphatic carbocycles. The van der Waals surface area contributed by atoms with E-state index in [1.54, 1.807) is 109 Å². The number of carbonyl (C=O) groups is 5. The van der Waals surface area contributed by atoms with Gasteiger partial charge in [0.25, 0.3) is 0 Å². The molecule has 0 fully saturated rings. The largest absolute Gasteiger partial charge is 0.478 e. The zero-order valence-corrected chi connectivity index (χ0v) is 33.1. The number of hydrogen-bond donors (Lipinski definition) is 6. The summed E-state index contributed by atoms with van der Waals surface area (Å²) in [5.41, 5.74) is 13.8. The molecule has 0 bridgehead atoms. The maximum absolute atomic E-state index is 11.5. The maximum Gasteiger partial charge on any atom is 0.335 e. The van der Waals surface area contributed by atoms with Crippen molar-refractivity contribution in [2.24, 2.45) is 0 Å². The second-order valence-corrected chi connectivity index (χ2v) is 13.0. The van der Waals surface area contributed by atoms with Crippen molar-refractivity contribution in [1.82, 2.24) is 0 Å². The molecule has 0 atom stereocenters. The van der Waals surface area contributed by atoms with Gasteiger partial charge < -0.3 is 51.3 Å². The van der Waals surface area contributed by atoms with E-state index in [4.69, 9.17) is 30.4 Å². The molecule has 6 aromatic rings. The topological polar surface area (TPSA) is 239 Å². The minimum Gasteiger partial charge on any atom is -0.478 e. The lowest BCUT2D eigenvalue weighted by molar-refractivity contribution is -0.115. The number of amides is 2. The molecule has 6 rings (SSSR count). The summed E-state index contributed by atoms with van der Waals surface area (Å²) in [6.45, 7) is 4.12. The second kappa shape index (κ2) is 21.5. The Morgan fingerprint density at radius 2 is 0.667 bits per heavy atom. The van der Waals surface area contributed by atoms with Crippen LogP contribution < -0.4 is 41.0 Å². The first-order valence-electron chi connectivity index (χ1n) is 17.6. The molecule has 0 saturated heterocycles. The highest BCUT2D eigenvalue weighted by atomic mass is 35.5. The fraction of sp³-hybridized carbons (Fsp3) is 0.0682. The third-order valence-corrected chi connectivity index (χ3v) is 7.31. The normalized spacial score (nSPS) is 9.93. The van der Waals surface area contributed by atoms with E-state index >= 15 is 0 Å². The highest BCUT2D eigenvalue weighted by molar-refractivity contribution is 6.62. The van der Waals surface area contributed by atoms with Crippen LogP contribution in [0.2, 0.25) is 0 Å². The van der Waals surface area contributed by atoms with Crippen LogP contribution in [0.15, 0.2) is 133 Å². The summed E-state index contributed by atoms with van der Waals surface area (Å²) in [5.74, 6) is 0.654. The van der Waals surface area contributed by atoms with Crippen molar-refractivity contribution >= 4 is 63.3 Å². The summed E-state index contributed by atoms with van der Waals surface area (Å²) in [6.07, 6.45) is 0. The van der Waals surface area contributed by atoms with E-state index < -0.39 is 11.9 Å². The lowest BCUT2D eigenvalue weighted by Gasteiger charge is -2.12. The molecule has 6 aromatic carbocycles. The Hall–Kier alpha value is -8.04. The molecule has 16 heteroatoms. The molecule has 0 aromatic heterocycles. The van der Waals surface area contributed by atoms with Gasteiger partial charge in [0.1, 0.15) is 46.0 Å². The monoisotopic (exact) mass is 834 g/mol. The number of ether oxygens (including phenoxy) is 4. The van der Waals surface area contributed by atoms with E-state index in [2.05, 4.69) is 22.2 Å². The van der Waals surface area contributed by atoms with Gasteiger partial charge in [-0.25, -0.2) is 9.59 Å². The van der Waals surface area contributed by atoms with Gasteiger partial charge in [0.2, 0.25) is 17.1 Å². The molecule has 0 saturated carbocycles. The zero-order chi connectivity index (χ0) is 43.8. The van der Waals surface area contributed by atoms with Gasteiger partial charge in [-0.2, -0.15) is 0 Å². The molecular weight excluding hydrogens is 796 g/mol. The van der Waals surface area contributed by atoms with Gasteiger partial charge in [0, 0.05) is 55.7 Å². The lowest BCUT2D eigenvalue weighted by atomic mass is 10.2. The quantitative estimate of drug-likeness (QED) is 0.0498. The van der Waals surface area contributed by atoms with Crippen LogP contribution in [-0.4, -0.2) is 39.2 Å². The van der Waals surface area contributed by atoms with Crippen molar-refractivity contribution in [3.8, 4) is 46.0 Å². The van der Waals surface area contributed by atoms with Crippen molar-refractivity contribution in [2.45, 2.75) is 20.8 Å². The number of nitrogen functional groups attached to an aromatic ring is 2. The van der Waals surface area contributed by atoms with Gasteiger partial charge in [-0.15, -0.1) is 0 Å². The van der Waals surface area contributed by atoms with Crippen molar-refractivity contribution in [3.05, 3.63) is 145 Å². The first-order valence-corrected chi connectivity index (χ1v) is 18.0. The average Bonchev–Trinajstić information content (AvgIpc) is 3.18. The first-order chi connectivity index (χ1) is 28.5. The number of anilines is 4. The standard InChI is InChI=1S/C23H20N2O6.C19H16N2O4.C2H3ClO/c1-14(26)24-17-3-7-19(8-4-17)30-21-11-16(23(28)29)12-22(13-21)31-20-9-5-18(6-10-20)25-15(2)27;20-13-1-5-15(6-2-13)24-17-9-12(19(22)23)10-18(11-17)25-16-7-3-14(21)4-8-16;1-2(3)4/h3-13H,1-2H3,(H,24,26)(H,25,27)(H,28,29);1-11H,20-21H2,(H,22,23);1H3. The number of nitrogens with one attached hydrogen (secondary N) is 2.